The van der Waals surface area contributed by atoms with E-state index in [4.69, 9.17) is 37.9 Å². The molecule has 31 heavy (non-hydrogen) atoms. The maximum absolute atomic E-state index is 11.4. The van der Waals surface area contributed by atoms with Gasteiger partial charge in [0.1, 0.15) is 12.9 Å². The van der Waals surface area contributed by atoms with E-state index < -0.39 is 11.6 Å². The third-order valence-electron chi connectivity index (χ3n) is 4.12. The lowest BCUT2D eigenvalue weighted by atomic mass is 10.3. The molecule has 0 aromatic carbocycles. The Bertz CT molecular complexity index is 448. The number of methoxy groups -OCH3 is 1. The van der Waals surface area contributed by atoms with E-state index in [0.717, 1.165) is 6.29 Å². The first-order chi connectivity index (χ1) is 15.2. The van der Waals surface area contributed by atoms with E-state index in [9.17, 15) is 9.59 Å². The molecule has 1 rings (SSSR count). The Kier molecular flexibility index (Phi) is 17.3. The van der Waals surface area contributed by atoms with Crippen LogP contribution in [-0.4, -0.2) is 118 Å². The van der Waals surface area contributed by atoms with Crippen LogP contribution >= 0.6 is 0 Å². The van der Waals surface area contributed by atoms with E-state index in [0.29, 0.717) is 92.1 Å². The Balaban J connectivity index is 1.67. The summed E-state index contributed by atoms with van der Waals surface area (Å²) in [5, 5.41) is 2.53. The van der Waals surface area contributed by atoms with Crippen LogP contribution in [0.5, 0.6) is 0 Å². The van der Waals surface area contributed by atoms with Crippen LogP contribution in [0.4, 0.5) is 4.79 Å². The summed E-state index contributed by atoms with van der Waals surface area (Å²) in [4.78, 5) is 22.2. The van der Waals surface area contributed by atoms with Crippen molar-refractivity contribution in [3.05, 3.63) is 0 Å². The van der Waals surface area contributed by atoms with Crippen molar-refractivity contribution in [2.24, 2.45) is 0 Å². The minimum Gasteiger partial charge on any atom is -0.447 e. The Morgan fingerprint density at radius 2 is 1.03 bits per heavy atom. The minimum atomic E-state index is -0.700. The maximum Gasteiger partial charge on any atom is 0.408 e. The average Bonchev–Trinajstić information content (AvgIpc) is 3.54. The molecule has 0 aromatic rings. The summed E-state index contributed by atoms with van der Waals surface area (Å²) in [5.74, 6) is 0. The molecule has 0 spiro atoms. The SMILES string of the molecule is COCCOCCOCCOCCOCCOCCOCCOC(=O)NC1(C=O)CC1. The van der Waals surface area contributed by atoms with E-state index in [-0.39, 0.29) is 13.2 Å². The van der Waals surface area contributed by atoms with E-state index in [1.807, 2.05) is 0 Å². The molecule has 11 nitrogen and oxygen atoms in total. The highest BCUT2D eigenvalue weighted by Crippen LogP contribution is 2.32. The molecular formula is C20H37NO10. The van der Waals surface area contributed by atoms with Gasteiger partial charge in [0, 0.05) is 7.11 Å². The standard InChI is InChI=1S/C20H37NO10/c1-24-4-5-25-6-7-26-8-9-27-10-11-28-12-13-29-14-15-30-16-17-31-19(23)21-20(18-22)2-3-20/h18H,2-17H2,1H3,(H,21,23). The van der Waals surface area contributed by atoms with Gasteiger partial charge in [-0.15, -0.1) is 0 Å². The predicted octanol–water partition coefficient (Wildman–Crippen LogP) is 0.190. The monoisotopic (exact) mass is 451 g/mol. The van der Waals surface area contributed by atoms with Crippen LogP contribution in [0.1, 0.15) is 12.8 Å². The van der Waals surface area contributed by atoms with Crippen molar-refractivity contribution in [2.45, 2.75) is 18.4 Å². The summed E-state index contributed by atoms with van der Waals surface area (Å²) in [6.45, 7) is 6.40. The molecular weight excluding hydrogens is 414 g/mol. The molecule has 0 saturated heterocycles. The summed E-state index contributed by atoms with van der Waals surface area (Å²) < 4.78 is 41.9. The maximum atomic E-state index is 11.4. The number of carbonyl (C=O) groups excluding carboxylic acids is 2. The van der Waals surface area contributed by atoms with Gasteiger partial charge in [0.05, 0.1) is 91.4 Å². The number of aldehydes is 1. The molecule has 0 unspecified atom stereocenters. The molecule has 0 aromatic heterocycles. The van der Waals surface area contributed by atoms with Gasteiger partial charge in [0.2, 0.25) is 0 Å². The van der Waals surface area contributed by atoms with Gasteiger partial charge in [0.25, 0.3) is 0 Å². The zero-order chi connectivity index (χ0) is 22.5. The summed E-state index contributed by atoms with van der Waals surface area (Å²) in [5.41, 5.74) is -0.700. The first-order valence-corrected chi connectivity index (χ1v) is 10.6. The molecule has 1 fully saturated rings. The van der Waals surface area contributed by atoms with Gasteiger partial charge < -0.3 is 48.0 Å². The Labute approximate surface area is 183 Å². The van der Waals surface area contributed by atoms with Crippen LogP contribution in [0.2, 0.25) is 0 Å². The molecule has 0 radical (unpaired) electrons. The van der Waals surface area contributed by atoms with Crippen molar-refractivity contribution in [1.82, 2.24) is 5.32 Å². The van der Waals surface area contributed by atoms with E-state index >= 15 is 0 Å². The smallest absolute Gasteiger partial charge is 0.408 e. The number of hydrogen-bond donors (Lipinski definition) is 1. The lowest BCUT2D eigenvalue weighted by Gasteiger charge is -2.11. The highest BCUT2D eigenvalue weighted by molar-refractivity contribution is 5.79. The van der Waals surface area contributed by atoms with E-state index in [1.54, 1.807) is 7.11 Å². The van der Waals surface area contributed by atoms with Crippen molar-refractivity contribution < 1.29 is 47.5 Å². The molecule has 0 bridgehead atoms. The number of amides is 1. The van der Waals surface area contributed by atoms with Crippen molar-refractivity contribution in [2.75, 3.05) is 99.6 Å². The van der Waals surface area contributed by atoms with Crippen LogP contribution in [0.25, 0.3) is 0 Å². The largest absolute Gasteiger partial charge is 0.447 e. The highest BCUT2D eigenvalue weighted by atomic mass is 16.6. The van der Waals surface area contributed by atoms with Gasteiger partial charge in [-0.25, -0.2) is 4.79 Å². The Morgan fingerprint density at radius 3 is 1.35 bits per heavy atom. The molecule has 0 atom stereocenters. The minimum absolute atomic E-state index is 0.122. The summed E-state index contributed by atoms with van der Waals surface area (Å²) >= 11 is 0. The number of nitrogens with one attached hydrogen (secondary N) is 1. The van der Waals surface area contributed by atoms with Gasteiger partial charge in [-0.3, -0.25) is 0 Å². The fourth-order valence-corrected chi connectivity index (χ4v) is 2.18. The highest BCUT2D eigenvalue weighted by Gasteiger charge is 2.44. The van der Waals surface area contributed by atoms with Gasteiger partial charge >= 0.3 is 6.09 Å². The second kappa shape index (κ2) is 19.4. The Morgan fingerprint density at radius 1 is 0.677 bits per heavy atom. The summed E-state index contributed by atoms with van der Waals surface area (Å²) in [6.07, 6.45) is 1.48. The fourth-order valence-electron chi connectivity index (χ4n) is 2.18. The number of carbonyl (C=O) groups is 2. The molecule has 1 amide bonds. The molecule has 0 heterocycles. The first kappa shape index (κ1) is 27.7. The second-order valence-electron chi connectivity index (χ2n) is 6.70. The lowest BCUT2D eigenvalue weighted by molar-refractivity contribution is -0.110. The third-order valence-corrected chi connectivity index (χ3v) is 4.12. The number of ether oxygens (including phenoxy) is 8. The van der Waals surface area contributed by atoms with Crippen molar-refractivity contribution in [3.63, 3.8) is 0 Å². The first-order valence-electron chi connectivity index (χ1n) is 10.6. The van der Waals surface area contributed by atoms with E-state index in [2.05, 4.69) is 5.32 Å². The molecule has 182 valence electrons. The van der Waals surface area contributed by atoms with Crippen molar-refractivity contribution in [1.29, 1.82) is 0 Å². The van der Waals surface area contributed by atoms with Crippen LogP contribution in [0, 0.1) is 0 Å². The summed E-state index contributed by atoms with van der Waals surface area (Å²) in [7, 11) is 1.64. The third kappa shape index (κ3) is 17.0. The second-order valence-corrected chi connectivity index (χ2v) is 6.70. The van der Waals surface area contributed by atoms with Crippen molar-refractivity contribution >= 4 is 12.4 Å². The van der Waals surface area contributed by atoms with Crippen LogP contribution in [0.15, 0.2) is 0 Å². The zero-order valence-electron chi connectivity index (χ0n) is 18.5. The molecule has 1 N–H and O–H groups in total. The fraction of sp³-hybridized carbons (Fsp3) is 0.900. The average molecular weight is 452 g/mol. The number of rotatable bonds is 23. The molecule has 1 saturated carbocycles. The van der Waals surface area contributed by atoms with Gasteiger partial charge in [-0.1, -0.05) is 0 Å². The molecule has 1 aliphatic rings. The topological polar surface area (TPSA) is 120 Å². The van der Waals surface area contributed by atoms with Crippen LogP contribution in [0.3, 0.4) is 0 Å². The summed E-state index contributed by atoms with van der Waals surface area (Å²) in [6, 6.07) is 0. The molecule has 0 aliphatic heterocycles. The number of alkyl carbamates (subject to hydrolysis) is 1. The van der Waals surface area contributed by atoms with Crippen molar-refractivity contribution in [3.8, 4) is 0 Å². The Hall–Kier alpha value is -1.34. The van der Waals surface area contributed by atoms with Crippen LogP contribution in [-0.2, 0) is 42.7 Å². The van der Waals surface area contributed by atoms with Gasteiger partial charge in [-0.05, 0) is 12.8 Å². The van der Waals surface area contributed by atoms with Gasteiger partial charge in [0.15, 0.2) is 0 Å². The van der Waals surface area contributed by atoms with Crippen LogP contribution < -0.4 is 5.32 Å². The van der Waals surface area contributed by atoms with Gasteiger partial charge in [-0.2, -0.15) is 0 Å². The lowest BCUT2D eigenvalue weighted by Crippen LogP contribution is -2.38. The normalized spacial score (nSPS) is 14.4. The molecule has 11 heteroatoms. The quantitative estimate of drug-likeness (QED) is 0.170. The molecule has 1 aliphatic carbocycles. The zero-order valence-corrected chi connectivity index (χ0v) is 18.5. The van der Waals surface area contributed by atoms with E-state index in [1.165, 1.54) is 0 Å². The predicted molar refractivity (Wildman–Crippen MR) is 109 cm³/mol. The number of hydrogen-bond acceptors (Lipinski definition) is 10.